The van der Waals surface area contributed by atoms with Crippen molar-refractivity contribution in [2.75, 3.05) is 23.3 Å². The quantitative estimate of drug-likeness (QED) is 0.880. The molecule has 0 aromatic carbocycles. The number of pyridine rings is 1. The van der Waals surface area contributed by atoms with Crippen LogP contribution in [0.5, 0.6) is 0 Å². The third-order valence-corrected chi connectivity index (χ3v) is 4.23. The van der Waals surface area contributed by atoms with Gasteiger partial charge < -0.3 is 10.2 Å². The van der Waals surface area contributed by atoms with Gasteiger partial charge >= 0.3 is 0 Å². The van der Waals surface area contributed by atoms with E-state index in [1.165, 1.54) is 12.8 Å². The normalized spacial score (nSPS) is 14.8. The summed E-state index contributed by atoms with van der Waals surface area (Å²) in [6.45, 7) is 2.14. The van der Waals surface area contributed by atoms with E-state index in [1.54, 1.807) is 23.6 Å². The second kappa shape index (κ2) is 6.54. The van der Waals surface area contributed by atoms with E-state index in [1.807, 2.05) is 35.7 Å². The molecule has 2 aromatic heterocycles. The van der Waals surface area contributed by atoms with E-state index < -0.39 is 0 Å². The smallest absolute Gasteiger partial charge is 0.248 e. The van der Waals surface area contributed by atoms with Gasteiger partial charge in [0.25, 0.3) is 0 Å². The summed E-state index contributed by atoms with van der Waals surface area (Å²) in [6.07, 6.45) is 7.53. The average Bonchev–Trinajstić information content (AvgIpc) is 3.19. The Hall–Kier alpha value is -2.14. The number of hydrogen-bond acceptors (Lipinski definition) is 4. The van der Waals surface area contributed by atoms with Crippen LogP contribution in [0.3, 0.4) is 0 Å². The van der Waals surface area contributed by atoms with E-state index in [9.17, 15) is 4.79 Å². The summed E-state index contributed by atoms with van der Waals surface area (Å²) in [5, 5.41) is 4.80. The molecule has 0 bridgehead atoms. The van der Waals surface area contributed by atoms with Gasteiger partial charge in [0.15, 0.2) is 0 Å². The van der Waals surface area contributed by atoms with Crippen LogP contribution in [-0.4, -0.2) is 24.0 Å². The van der Waals surface area contributed by atoms with Gasteiger partial charge in [-0.05, 0) is 42.5 Å². The van der Waals surface area contributed by atoms with E-state index in [2.05, 4.69) is 15.2 Å². The molecule has 0 atom stereocenters. The standard InChI is InChI=1S/C16H17N3OS/c20-16(8-6-14-4-3-11-21-14)18-13-5-7-15(17-12-13)19-9-1-2-10-19/h3-8,11-12H,1-2,9-10H2,(H,18,20)/b8-6+. The summed E-state index contributed by atoms with van der Waals surface area (Å²) in [5.74, 6) is 0.846. The van der Waals surface area contributed by atoms with Gasteiger partial charge in [-0.1, -0.05) is 6.07 Å². The zero-order chi connectivity index (χ0) is 14.5. The average molecular weight is 299 g/mol. The van der Waals surface area contributed by atoms with E-state index in [0.717, 1.165) is 29.5 Å². The van der Waals surface area contributed by atoms with Gasteiger partial charge in [-0.25, -0.2) is 4.98 Å². The maximum absolute atomic E-state index is 11.8. The second-order valence-corrected chi connectivity index (χ2v) is 5.92. The summed E-state index contributed by atoms with van der Waals surface area (Å²) >= 11 is 1.60. The summed E-state index contributed by atoms with van der Waals surface area (Å²) < 4.78 is 0. The van der Waals surface area contributed by atoms with Gasteiger partial charge in [0.2, 0.25) is 5.91 Å². The fourth-order valence-corrected chi connectivity index (χ4v) is 2.94. The van der Waals surface area contributed by atoms with Crippen molar-refractivity contribution in [2.24, 2.45) is 0 Å². The van der Waals surface area contributed by atoms with E-state index in [-0.39, 0.29) is 5.91 Å². The van der Waals surface area contributed by atoms with Crippen molar-refractivity contribution in [1.82, 2.24) is 4.98 Å². The third kappa shape index (κ3) is 3.70. The van der Waals surface area contributed by atoms with Crippen LogP contribution in [0.15, 0.2) is 41.9 Å². The molecule has 4 nitrogen and oxygen atoms in total. The van der Waals surface area contributed by atoms with Gasteiger partial charge in [0.1, 0.15) is 5.82 Å². The number of nitrogens with one attached hydrogen (secondary N) is 1. The van der Waals surface area contributed by atoms with Crippen molar-refractivity contribution < 1.29 is 4.79 Å². The molecule has 1 fully saturated rings. The van der Waals surface area contributed by atoms with Crippen LogP contribution in [0, 0.1) is 0 Å². The number of anilines is 2. The molecule has 1 aliphatic rings. The topological polar surface area (TPSA) is 45.2 Å². The number of aromatic nitrogens is 1. The lowest BCUT2D eigenvalue weighted by Gasteiger charge is -2.16. The van der Waals surface area contributed by atoms with Crippen molar-refractivity contribution in [1.29, 1.82) is 0 Å². The van der Waals surface area contributed by atoms with Crippen LogP contribution in [0.1, 0.15) is 17.7 Å². The van der Waals surface area contributed by atoms with Crippen molar-refractivity contribution in [3.8, 4) is 0 Å². The predicted molar refractivity (Wildman–Crippen MR) is 87.7 cm³/mol. The molecule has 1 saturated heterocycles. The van der Waals surface area contributed by atoms with Crippen LogP contribution in [0.4, 0.5) is 11.5 Å². The van der Waals surface area contributed by atoms with Crippen molar-refractivity contribution in [2.45, 2.75) is 12.8 Å². The number of rotatable bonds is 4. The van der Waals surface area contributed by atoms with Crippen molar-refractivity contribution in [3.05, 3.63) is 46.8 Å². The van der Waals surface area contributed by atoms with Crippen LogP contribution < -0.4 is 10.2 Å². The molecule has 1 amide bonds. The highest BCUT2D eigenvalue weighted by Crippen LogP contribution is 2.19. The Bertz CT molecular complexity index is 613. The largest absolute Gasteiger partial charge is 0.357 e. The predicted octanol–water partition coefficient (Wildman–Crippen LogP) is 3.40. The van der Waals surface area contributed by atoms with Crippen molar-refractivity contribution in [3.63, 3.8) is 0 Å². The maximum Gasteiger partial charge on any atom is 0.248 e. The first-order valence-electron chi connectivity index (χ1n) is 7.05. The Kier molecular flexibility index (Phi) is 4.31. The number of amides is 1. The molecule has 108 valence electrons. The first kappa shape index (κ1) is 13.8. The molecule has 0 spiro atoms. The minimum Gasteiger partial charge on any atom is -0.357 e. The highest BCUT2D eigenvalue weighted by molar-refractivity contribution is 7.10. The first-order chi connectivity index (χ1) is 10.3. The second-order valence-electron chi connectivity index (χ2n) is 4.94. The number of carbonyl (C=O) groups is 1. The molecule has 3 rings (SSSR count). The molecule has 1 aliphatic heterocycles. The Morgan fingerprint density at radius 2 is 2.14 bits per heavy atom. The van der Waals surface area contributed by atoms with Crippen molar-refractivity contribution >= 4 is 34.8 Å². The maximum atomic E-state index is 11.8. The lowest BCUT2D eigenvalue weighted by molar-refractivity contribution is -0.111. The van der Waals surface area contributed by atoms with Gasteiger partial charge in [-0.2, -0.15) is 0 Å². The third-order valence-electron chi connectivity index (χ3n) is 3.39. The fraction of sp³-hybridized carbons (Fsp3) is 0.250. The van der Waals surface area contributed by atoms with Gasteiger partial charge in [0, 0.05) is 24.0 Å². The monoisotopic (exact) mass is 299 g/mol. The van der Waals surface area contributed by atoms with Gasteiger partial charge in [-0.15, -0.1) is 11.3 Å². The highest BCUT2D eigenvalue weighted by atomic mass is 32.1. The molecule has 5 heteroatoms. The van der Waals surface area contributed by atoms with Crippen LogP contribution >= 0.6 is 11.3 Å². The molecule has 0 radical (unpaired) electrons. The van der Waals surface area contributed by atoms with E-state index in [4.69, 9.17) is 0 Å². The molecule has 1 N–H and O–H groups in total. The number of hydrogen-bond donors (Lipinski definition) is 1. The Balaban J connectivity index is 1.58. The number of carbonyl (C=O) groups excluding carboxylic acids is 1. The summed E-state index contributed by atoms with van der Waals surface area (Å²) in [5.41, 5.74) is 0.721. The van der Waals surface area contributed by atoms with Crippen LogP contribution in [0.25, 0.3) is 6.08 Å². The van der Waals surface area contributed by atoms with E-state index >= 15 is 0 Å². The van der Waals surface area contributed by atoms with Gasteiger partial charge in [0.05, 0.1) is 11.9 Å². The Labute approximate surface area is 128 Å². The minimum absolute atomic E-state index is 0.140. The molecule has 0 aliphatic carbocycles. The first-order valence-corrected chi connectivity index (χ1v) is 7.93. The molecular weight excluding hydrogens is 282 g/mol. The van der Waals surface area contributed by atoms with E-state index in [0.29, 0.717) is 0 Å². The number of nitrogens with zero attached hydrogens (tertiary/aromatic N) is 2. The fourth-order valence-electron chi connectivity index (χ4n) is 2.32. The minimum atomic E-state index is -0.140. The zero-order valence-electron chi connectivity index (χ0n) is 11.7. The van der Waals surface area contributed by atoms with Crippen LogP contribution in [0.2, 0.25) is 0 Å². The number of thiophene rings is 1. The van der Waals surface area contributed by atoms with Gasteiger partial charge in [-0.3, -0.25) is 4.79 Å². The summed E-state index contributed by atoms with van der Waals surface area (Å²) in [6, 6.07) is 7.80. The highest BCUT2D eigenvalue weighted by Gasteiger charge is 2.13. The van der Waals surface area contributed by atoms with Crippen LogP contribution in [-0.2, 0) is 4.79 Å². The molecular formula is C16H17N3OS. The summed E-state index contributed by atoms with van der Waals surface area (Å²) in [4.78, 5) is 19.6. The SMILES string of the molecule is O=C(/C=C/c1cccs1)Nc1ccc(N2CCCC2)nc1. The lowest BCUT2D eigenvalue weighted by atomic mass is 10.3. The molecule has 3 heterocycles. The lowest BCUT2D eigenvalue weighted by Crippen LogP contribution is -2.18. The molecule has 21 heavy (non-hydrogen) atoms. The summed E-state index contributed by atoms with van der Waals surface area (Å²) in [7, 11) is 0. The molecule has 0 saturated carbocycles. The molecule has 0 unspecified atom stereocenters. The Morgan fingerprint density at radius 1 is 1.29 bits per heavy atom. The zero-order valence-corrected chi connectivity index (χ0v) is 12.5. The molecule has 2 aromatic rings. The Morgan fingerprint density at radius 3 is 2.81 bits per heavy atom.